The molecule has 0 heteroatoms. The summed E-state index contributed by atoms with van der Waals surface area (Å²) in [5.74, 6) is 9.06. The first-order valence-electron chi connectivity index (χ1n) is 9.38. The number of aryl methyl sites for hydroxylation is 1. The highest BCUT2D eigenvalue weighted by Gasteiger charge is 2.50. The van der Waals surface area contributed by atoms with E-state index in [4.69, 9.17) is 0 Å². The molecule has 2 saturated carbocycles. The van der Waals surface area contributed by atoms with E-state index in [0.29, 0.717) is 5.41 Å². The Bertz CT molecular complexity index is 699. The van der Waals surface area contributed by atoms with Crippen LogP contribution in [0, 0.1) is 29.1 Å². The summed E-state index contributed by atoms with van der Waals surface area (Å²) in [4.78, 5) is 0. The minimum Gasteiger partial charge on any atom is -0.101 e. The molecule has 1 aromatic carbocycles. The molecule has 23 heavy (non-hydrogen) atoms. The van der Waals surface area contributed by atoms with Crippen LogP contribution in [0.15, 0.2) is 18.7 Å². The third-order valence-corrected chi connectivity index (χ3v) is 7.16. The van der Waals surface area contributed by atoms with Gasteiger partial charge in [-0.25, -0.2) is 0 Å². The van der Waals surface area contributed by atoms with E-state index in [9.17, 15) is 0 Å². The van der Waals surface area contributed by atoms with Crippen LogP contribution in [-0.2, 0) is 6.42 Å². The van der Waals surface area contributed by atoms with Crippen LogP contribution in [0.5, 0.6) is 0 Å². The molecule has 0 nitrogen and oxygen atoms in total. The maximum absolute atomic E-state index is 3.99. The van der Waals surface area contributed by atoms with E-state index in [0.717, 1.165) is 17.8 Å². The summed E-state index contributed by atoms with van der Waals surface area (Å²) in [6, 6.07) is 4.79. The Morgan fingerprint density at radius 1 is 1.22 bits per heavy atom. The average molecular weight is 304 g/mol. The van der Waals surface area contributed by atoms with E-state index in [-0.39, 0.29) is 0 Å². The Morgan fingerprint density at radius 2 is 2.09 bits per heavy atom. The van der Waals surface area contributed by atoms with E-state index < -0.39 is 0 Å². The molecule has 0 radical (unpaired) electrons. The van der Waals surface area contributed by atoms with Crippen LogP contribution in [0.1, 0.15) is 80.5 Å². The number of rotatable bonds is 1. The van der Waals surface area contributed by atoms with Crippen molar-refractivity contribution < 1.29 is 0 Å². The zero-order valence-corrected chi connectivity index (χ0v) is 14.6. The summed E-state index contributed by atoms with van der Waals surface area (Å²) in [6.07, 6.45) is 11.8. The van der Waals surface area contributed by atoms with Crippen molar-refractivity contribution in [1.29, 1.82) is 0 Å². The molecule has 1 aromatic rings. The van der Waals surface area contributed by atoms with Gasteiger partial charge in [0.05, 0.1) is 0 Å². The van der Waals surface area contributed by atoms with Crippen molar-refractivity contribution in [2.45, 2.75) is 64.7 Å². The van der Waals surface area contributed by atoms with Crippen LogP contribution in [0.25, 0.3) is 6.08 Å². The van der Waals surface area contributed by atoms with Gasteiger partial charge in [0, 0.05) is 5.56 Å². The lowest BCUT2D eigenvalue weighted by Crippen LogP contribution is -2.39. The molecule has 4 rings (SSSR count). The maximum Gasteiger partial charge on any atom is 0.0320 e. The van der Waals surface area contributed by atoms with Gasteiger partial charge in [-0.15, -0.1) is 5.92 Å². The molecule has 2 fully saturated rings. The van der Waals surface area contributed by atoms with E-state index >= 15 is 0 Å². The fourth-order valence-electron chi connectivity index (χ4n) is 6.05. The number of hydrogen-bond donors (Lipinski definition) is 0. The summed E-state index contributed by atoms with van der Waals surface area (Å²) in [7, 11) is 0. The molecular formula is C23H28. The summed E-state index contributed by atoms with van der Waals surface area (Å²) < 4.78 is 0. The number of benzene rings is 1. The minimum atomic E-state index is 0.645. The molecule has 0 heterocycles. The Morgan fingerprint density at radius 3 is 2.87 bits per heavy atom. The van der Waals surface area contributed by atoms with Gasteiger partial charge in [0.15, 0.2) is 0 Å². The van der Waals surface area contributed by atoms with Crippen LogP contribution >= 0.6 is 0 Å². The third kappa shape index (κ3) is 2.28. The zero-order valence-electron chi connectivity index (χ0n) is 14.6. The molecular weight excluding hydrogens is 276 g/mol. The lowest BCUT2D eigenvalue weighted by atomic mass is 9.55. The largest absolute Gasteiger partial charge is 0.101 e. The van der Waals surface area contributed by atoms with Crippen LogP contribution in [0.3, 0.4) is 0 Å². The second-order valence-corrected chi connectivity index (χ2v) is 8.22. The quantitative estimate of drug-likeness (QED) is 0.563. The van der Waals surface area contributed by atoms with Crippen LogP contribution in [0.4, 0.5) is 0 Å². The van der Waals surface area contributed by atoms with Crippen LogP contribution < -0.4 is 0 Å². The molecule has 0 spiro atoms. The third-order valence-electron chi connectivity index (χ3n) is 7.16. The first-order valence-corrected chi connectivity index (χ1v) is 9.38. The molecule has 0 bridgehead atoms. The normalized spacial score (nSPS) is 34.6. The molecule has 120 valence electrons. The predicted molar refractivity (Wildman–Crippen MR) is 98.3 cm³/mol. The van der Waals surface area contributed by atoms with Gasteiger partial charge in [0.25, 0.3) is 0 Å². The summed E-state index contributed by atoms with van der Waals surface area (Å²) in [5, 5.41) is 0. The average Bonchev–Trinajstić information content (AvgIpc) is 2.96. The first kappa shape index (κ1) is 15.1. The van der Waals surface area contributed by atoms with E-state index in [1.54, 1.807) is 11.1 Å². The van der Waals surface area contributed by atoms with Crippen LogP contribution in [0.2, 0.25) is 0 Å². The summed E-state index contributed by atoms with van der Waals surface area (Å²) in [6.45, 7) is 8.49. The highest BCUT2D eigenvalue weighted by molar-refractivity contribution is 5.61. The van der Waals surface area contributed by atoms with Crippen molar-refractivity contribution >= 4 is 6.08 Å². The molecule has 0 saturated heterocycles. The fraction of sp³-hybridized carbons (Fsp3) is 0.565. The van der Waals surface area contributed by atoms with Crippen molar-refractivity contribution in [3.05, 3.63) is 41.0 Å². The number of hydrogen-bond acceptors (Lipinski definition) is 0. The zero-order chi connectivity index (χ0) is 16.0. The second-order valence-electron chi connectivity index (χ2n) is 8.22. The maximum atomic E-state index is 3.99. The van der Waals surface area contributed by atoms with Gasteiger partial charge in [-0.3, -0.25) is 0 Å². The predicted octanol–water partition coefficient (Wildman–Crippen LogP) is 5.95. The molecule has 0 N–H and O–H groups in total. The van der Waals surface area contributed by atoms with Gasteiger partial charge >= 0.3 is 0 Å². The van der Waals surface area contributed by atoms with E-state index in [2.05, 4.69) is 37.5 Å². The van der Waals surface area contributed by atoms with Gasteiger partial charge in [-0.05, 0) is 91.4 Å². The molecule has 3 aliphatic carbocycles. The lowest BCUT2D eigenvalue weighted by Gasteiger charge is -2.49. The van der Waals surface area contributed by atoms with Gasteiger partial charge < -0.3 is 0 Å². The summed E-state index contributed by atoms with van der Waals surface area (Å²) in [5.41, 5.74) is 6.24. The monoisotopic (exact) mass is 304 g/mol. The Balaban J connectivity index is 1.76. The van der Waals surface area contributed by atoms with Crippen molar-refractivity contribution in [3.63, 3.8) is 0 Å². The molecule has 0 aromatic heterocycles. The molecule has 4 atom stereocenters. The van der Waals surface area contributed by atoms with E-state index in [1.807, 2.05) is 13.0 Å². The minimum absolute atomic E-state index is 0.645. The first-order chi connectivity index (χ1) is 11.2. The molecule has 0 amide bonds. The Kier molecular flexibility index (Phi) is 3.64. The van der Waals surface area contributed by atoms with E-state index in [1.165, 1.54) is 56.1 Å². The SMILES string of the molecule is C=Cc1cc2c(cc1C#CC)C1CCC3(C)CCCC3C1CC2. The van der Waals surface area contributed by atoms with Gasteiger partial charge in [0.1, 0.15) is 0 Å². The molecule has 3 aliphatic rings. The highest BCUT2D eigenvalue weighted by atomic mass is 14.5. The second kappa shape index (κ2) is 5.55. The lowest BCUT2D eigenvalue weighted by molar-refractivity contribution is 0.0598. The van der Waals surface area contributed by atoms with Gasteiger partial charge in [-0.2, -0.15) is 0 Å². The highest BCUT2D eigenvalue weighted by Crippen LogP contribution is 2.60. The number of fused-ring (bicyclic) bond motifs is 5. The van der Waals surface area contributed by atoms with Crippen molar-refractivity contribution in [2.24, 2.45) is 17.3 Å². The van der Waals surface area contributed by atoms with Crippen molar-refractivity contribution in [3.8, 4) is 11.8 Å². The summed E-state index contributed by atoms with van der Waals surface area (Å²) >= 11 is 0. The fourth-order valence-corrected chi connectivity index (χ4v) is 6.05. The smallest absolute Gasteiger partial charge is 0.0320 e. The van der Waals surface area contributed by atoms with Crippen LogP contribution in [-0.4, -0.2) is 0 Å². The standard InChI is InChI=1S/C23H28/c1-4-7-17-15-21-18(14-16(17)5-2)9-10-20-19(21)11-13-23(3)12-6-8-22(20)23/h5,14-15,19-20,22H,2,6,8-13H2,1,3H3. The molecule has 4 unspecified atom stereocenters. The van der Waals surface area contributed by atoms with Crippen molar-refractivity contribution in [2.75, 3.05) is 0 Å². The topological polar surface area (TPSA) is 0 Å². The molecule has 0 aliphatic heterocycles. The van der Waals surface area contributed by atoms with Crippen molar-refractivity contribution in [1.82, 2.24) is 0 Å². The van der Waals surface area contributed by atoms with Gasteiger partial charge in [-0.1, -0.05) is 38.0 Å². The Hall–Kier alpha value is -1.48. The Labute approximate surface area is 141 Å². The van der Waals surface area contributed by atoms with Gasteiger partial charge in [0.2, 0.25) is 0 Å².